The number of benzene rings is 2. The summed E-state index contributed by atoms with van der Waals surface area (Å²) in [6.45, 7) is 1.78. The van der Waals surface area contributed by atoms with Crippen LogP contribution in [0, 0.1) is 17.9 Å². The highest BCUT2D eigenvalue weighted by Gasteiger charge is 2.37. The normalized spacial score (nSPS) is 13.9. The van der Waals surface area contributed by atoms with Gasteiger partial charge in [-0.15, -0.1) is 0 Å². The maximum Gasteiger partial charge on any atom is 0.273 e. The number of hydrogen-bond donors (Lipinski definition) is 0. The van der Waals surface area contributed by atoms with Crippen molar-refractivity contribution in [3.05, 3.63) is 70.2 Å². The van der Waals surface area contributed by atoms with Crippen LogP contribution in [0.5, 0.6) is 0 Å². The van der Waals surface area contributed by atoms with E-state index in [0.29, 0.717) is 21.6 Å². The van der Waals surface area contributed by atoms with Gasteiger partial charge in [-0.1, -0.05) is 18.2 Å². The van der Waals surface area contributed by atoms with E-state index in [0.717, 1.165) is 5.56 Å². The van der Waals surface area contributed by atoms with Gasteiger partial charge in [-0.05, 0) is 30.7 Å². The van der Waals surface area contributed by atoms with Crippen LogP contribution in [0.1, 0.15) is 21.5 Å². The van der Waals surface area contributed by atoms with Crippen LogP contribution in [-0.4, -0.2) is 16.2 Å². The van der Waals surface area contributed by atoms with E-state index < -0.39 is 5.82 Å². The molecule has 0 bridgehead atoms. The molecule has 2 aromatic carbocycles. The Bertz CT molecular complexity index is 735. The molecular weight excluding hydrogens is 245 g/mol. The molecule has 0 N–H and O–H groups in total. The fourth-order valence-electron chi connectivity index (χ4n) is 2.33. The van der Waals surface area contributed by atoms with Crippen LogP contribution in [0.2, 0.25) is 0 Å². The molecule has 0 radical (unpaired) electrons. The molecule has 3 rings (SSSR count). The van der Waals surface area contributed by atoms with Gasteiger partial charge in [-0.2, -0.15) is 4.74 Å². The first-order chi connectivity index (χ1) is 9.09. The van der Waals surface area contributed by atoms with Crippen molar-refractivity contribution in [1.82, 2.24) is 0 Å². The van der Waals surface area contributed by atoms with Gasteiger partial charge in [0.15, 0.2) is 0 Å². The number of halogens is 1. The van der Waals surface area contributed by atoms with Gasteiger partial charge in [-0.3, -0.25) is 4.79 Å². The molecule has 2 aromatic rings. The Morgan fingerprint density at radius 3 is 2.58 bits per heavy atom. The molecule has 94 valence electrons. The molecule has 0 aliphatic carbocycles. The van der Waals surface area contributed by atoms with Gasteiger partial charge >= 0.3 is 0 Å². The lowest BCUT2D eigenvalue weighted by Crippen LogP contribution is -2.17. The third-order valence-corrected chi connectivity index (χ3v) is 3.21. The first-order valence-electron chi connectivity index (χ1n) is 5.84. The largest absolute Gasteiger partial charge is 0.618 e. The van der Waals surface area contributed by atoms with E-state index in [2.05, 4.69) is 0 Å². The minimum Gasteiger partial charge on any atom is -0.618 e. The van der Waals surface area contributed by atoms with E-state index in [4.69, 9.17) is 0 Å². The number of fused-ring (bicyclic) bond motifs is 1. The Balaban J connectivity index is 2.23. The lowest BCUT2D eigenvalue weighted by atomic mass is 9.99. The molecule has 4 heteroatoms. The van der Waals surface area contributed by atoms with Crippen LogP contribution in [0.15, 0.2) is 42.5 Å². The minimum atomic E-state index is -0.473. The number of rotatable bonds is 1. The zero-order valence-electron chi connectivity index (χ0n) is 10.2. The summed E-state index contributed by atoms with van der Waals surface area (Å²) in [5.74, 6) is -0.826. The van der Waals surface area contributed by atoms with Gasteiger partial charge in [0, 0.05) is 6.07 Å². The summed E-state index contributed by atoms with van der Waals surface area (Å²) in [4.78, 5) is 12.3. The van der Waals surface area contributed by atoms with Gasteiger partial charge in [0.1, 0.15) is 11.4 Å². The highest BCUT2D eigenvalue weighted by molar-refractivity contribution is 6.52. The molecule has 3 nitrogen and oxygen atoms in total. The SMILES string of the molecule is Cc1cccc2c1C(=O)C(c1cccc(F)c1)=[N+]2[O-]. The third-order valence-electron chi connectivity index (χ3n) is 3.21. The van der Waals surface area contributed by atoms with Gasteiger partial charge in [0.25, 0.3) is 11.5 Å². The summed E-state index contributed by atoms with van der Waals surface area (Å²) >= 11 is 0. The summed E-state index contributed by atoms with van der Waals surface area (Å²) in [5.41, 5.74) is 1.75. The predicted molar refractivity (Wildman–Crippen MR) is 69.3 cm³/mol. The van der Waals surface area contributed by atoms with Crippen molar-refractivity contribution in [2.45, 2.75) is 6.92 Å². The maximum absolute atomic E-state index is 13.2. The summed E-state index contributed by atoms with van der Waals surface area (Å²) in [5, 5.41) is 12.2. The van der Waals surface area contributed by atoms with E-state index in [1.165, 1.54) is 18.2 Å². The first-order valence-corrected chi connectivity index (χ1v) is 5.84. The van der Waals surface area contributed by atoms with Crippen LogP contribution < -0.4 is 0 Å². The smallest absolute Gasteiger partial charge is 0.273 e. The quantitative estimate of drug-likeness (QED) is 0.580. The van der Waals surface area contributed by atoms with Crippen molar-refractivity contribution in [2.75, 3.05) is 0 Å². The molecule has 19 heavy (non-hydrogen) atoms. The highest BCUT2D eigenvalue weighted by Crippen LogP contribution is 2.30. The van der Waals surface area contributed by atoms with Crippen molar-refractivity contribution in [1.29, 1.82) is 0 Å². The summed E-state index contributed by atoms with van der Waals surface area (Å²) in [7, 11) is 0. The highest BCUT2D eigenvalue weighted by atomic mass is 19.1. The second-order valence-corrected chi connectivity index (χ2v) is 4.45. The fraction of sp³-hybridized carbons (Fsp3) is 0.0667. The fourth-order valence-corrected chi connectivity index (χ4v) is 2.33. The molecule has 0 unspecified atom stereocenters. The maximum atomic E-state index is 13.2. The first kappa shape index (κ1) is 11.6. The molecule has 1 heterocycles. The average Bonchev–Trinajstić information content (AvgIpc) is 2.63. The minimum absolute atomic E-state index is 0.0243. The average molecular weight is 255 g/mol. The Morgan fingerprint density at radius 2 is 1.89 bits per heavy atom. The Hall–Kier alpha value is -2.49. The summed E-state index contributed by atoms with van der Waals surface area (Å²) in [6.07, 6.45) is 0. The van der Waals surface area contributed by atoms with Crippen molar-refractivity contribution < 1.29 is 13.9 Å². The van der Waals surface area contributed by atoms with Crippen LogP contribution >= 0.6 is 0 Å². The number of hydrogen-bond acceptors (Lipinski definition) is 2. The van der Waals surface area contributed by atoms with E-state index in [-0.39, 0.29) is 11.5 Å². The summed E-state index contributed by atoms with van der Waals surface area (Å²) in [6, 6.07) is 10.6. The van der Waals surface area contributed by atoms with Crippen LogP contribution in [0.25, 0.3) is 0 Å². The number of carbonyl (C=O) groups is 1. The number of carbonyl (C=O) groups excluding carboxylic acids is 1. The molecular formula is C15H10FNO2. The van der Waals surface area contributed by atoms with Crippen molar-refractivity contribution in [2.24, 2.45) is 0 Å². The zero-order valence-corrected chi connectivity index (χ0v) is 10.2. The van der Waals surface area contributed by atoms with Crippen molar-refractivity contribution in [3.63, 3.8) is 0 Å². The van der Waals surface area contributed by atoms with E-state index in [9.17, 15) is 14.4 Å². The predicted octanol–water partition coefficient (Wildman–Crippen LogP) is 2.96. The molecule has 0 amide bonds. The topological polar surface area (TPSA) is 43.1 Å². The van der Waals surface area contributed by atoms with E-state index in [1.807, 2.05) is 0 Å². The van der Waals surface area contributed by atoms with Gasteiger partial charge < -0.3 is 5.21 Å². The lowest BCUT2D eigenvalue weighted by Gasteiger charge is -2.02. The standard InChI is InChI=1S/C15H10FNO2/c1-9-4-2-7-12-13(9)15(18)14(17(12)19)10-5-3-6-11(16)8-10/h2-8H,1H3. The van der Waals surface area contributed by atoms with E-state index >= 15 is 0 Å². The van der Waals surface area contributed by atoms with Gasteiger partial charge in [0.05, 0.1) is 5.56 Å². The molecule has 0 saturated carbocycles. The van der Waals surface area contributed by atoms with Gasteiger partial charge in [-0.25, -0.2) is 4.39 Å². The molecule has 1 aliphatic heterocycles. The van der Waals surface area contributed by atoms with Gasteiger partial charge in [0.2, 0.25) is 5.69 Å². The van der Waals surface area contributed by atoms with Crippen LogP contribution in [0.3, 0.4) is 0 Å². The number of aryl methyl sites for hydroxylation is 1. The molecule has 0 saturated heterocycles. The molecule has 0 spiro atoms. The Kier molecular flexibility index (Phi) is 2.45. The third kappa shape index (κ3) is 1.64. The van der Waals surface area contributed by atoms with Crippen LogP contribution in [0.4, 0.5) is 10.1 Å². The number of Topliss-reactive ketones (excluding diaryl/α,β-unsaturated/α-hetero) is 1. The molecule has 0 fully saturated rings. The second-order valence-electron chi connectivity index (χ2n) is 4.45. The second kappa shape index (κ2) is 4.02. The molecule has 0 atom stereocenters. The van der Waals surface area contributed by atoms with Crippen molar-refractivity contribution in [3.8, 4) is 0 Å². The monoisotopic (exact) mass is 255 g/mol. The lowest BCUT2D eigenvalue weighted by molar-refractivity contribution is -0.355. The zero-order chi connectivity index (χ0) is 13.6. The summed E-state index contributed by atoms with van der Waals surface area (Å²) < 4.78 is 13.8. The Morgan fingerprint density at radius 1 is 1.16 bits per heavy atom. The Labute approximate surface area is 109 Å². The number of ketones is 1. The van der Waals surface area contributed by atoms with Crippen LogP contribution in [-0.2, 0) is 0 Å². The number of nitrogens with zero attached hydrogens (tertiary/aromatic N) is 1. The molecule has 1 aliphatic rings. The molecule has 0 aromatic heterocycles. The van der Waals surface area contributed by atoms with E-state index in [1.54, 1.807) is 31.2 Å². The van der Waals surface area contributed by atoms with Crippen molar-refractivity contribution >= 4 is 17.2 Å².